The molecule has 1 unspecified atom stereocenters. The van der Waals surface area contributed by atoms with E-state index in [2.05, 4.69) is 19.9 Å². The highest BCUT2D eigenvalue weighted by molar-refractivity contribution is 5.64. The number of anilines is 1. The highest BCUT2D eigenvalue weighted by Gasteiger charge is 2.22. The van der Waals surface area contributed by atoms with Gasteiger partial charge >= 0.3 is 6.61 Å². The quantitative estimate of drug-likeness (QED) is 0.412. The molecule has 0 amide bonds. The van der Waals surface area contributed by atoms with Gasteiger partial charge in [-0.3, -0.25) is 0 Å². The Morgan fingerprint density at radius 1 is 1.00 bits per heavy atom. The van der Waals surface area contributed by atoms with Crippen molar-refractivity contribution in [2.24, 2.45) is 0 Å². The van der Waals surface area contributed by atoms with Gasteiger partial charge in [-0.05, 0) is 25.1 Å². The first kappa shape index (κ1) is 22.2. The first-order valence-electron chi connectivity index (χ1n) is 11.2. The van der Waals surface area contributed by atoms with Crippen LogP contribution in [-0.2, 0) is 4.74 Å². The SMILES string of the molecule is Cc1nc2ccc(-c3cnc(N4CCOCC4)nc3)cn2c1C(C)c1ccccc1OC(F)F. The molecule has 4 aromatic rings. The van der Waals surface area contributed by atoms with Crippen molar-refractivity contribution in [1.29, 1.82) is 0 Å². The molecule has 1 aliphatic rings. The number of imidazole rings is 1. The van der Waals surface area contributed by atoms with Gasteiger partial charge in [0.1, 0.15) is 11.4 Å². The van der Waals surface area contributed by atoms with Gasteiger partial charge in [-0.25, -0.2) is 15.0 Å². The Bertz CT molecular complexity index is 1290. The highest BCUT2D eigenvalue weighted by Crippen LogP contribution is 2.35. The van der Waals surface area contributed by atoms with Gasteiger partial charge in [-0.15, -0.1) is 0 Å². The summed E-state index contributed by atoms with van der Waals surface area (Å²) in [6.07, 6.45) is 5.63. The Morgan fingerprint density at radius 3 is 2.47 bits per heavy atom. The summed E-state index contributed by atoms with van der Waals surface area (Å²) in [5.41, 5.74) is 5.01. The Labute approximate surface area is 196 Å². The number of aromatic nitrogens is 4. The lowest BCUT2D eigenvalue weighted by atomic mass is 9.95. The second-order valence-electron chi connectivity index (χ2n) is 8.24. The predicted molar refractivity (Wildman–Crippen MR) is 125 cm³/mol. The van der Waals surface area contributed by atoms with Crippen molar-refractivity contribution < 1.29 is 18.3 Å². The van der Waals surface area contributed by atoms with Crippen LogP contribution < -0.4 is 9.64 Å². The Kier molecular flexibility index (Phi) is 6.10. The van der Waals surface area contributed by atoms with Crippen LogP contribution in [0.1, 0.15) is 29.8 Å². The number of halogens is 2. The molecule has 1 saturated heterocycles. The molecule has 0 saturated carbocycles. The summed E-state index contributed by atoms with van der Waals surface area (Å²) in [6, 6.07) is 10.8. The topological polar surface area (TPSA) is 64.8 Å². The number of nitrogens with zero attached hydrogens (tertiary/aromatic N) is 5. The van der Waals surface area contributed by atoms with Crippen LogP contribution in [0.4, 0.5) is 14.7 Å². The molecule has 0 aliphatic carbocycles. The van der Waals surface area contributed by atoms with E-state index in [9.17, 15) is 8.78 Å². The van der Waals surface area contributed by atoms with Crippen LogP contribution in [0.15, 0.2) is 55.0 Å². The van der Waals surface area contributed by atoms with Crippen LogP contribution in [-0.4, -0.2) is 52.3 Å². The lowest BCUT2D eigenvalue weighted by molar-refractivity contribution is -0.0505. The highest BCUT2D eigenvalue weighted by atomic mass is 19.3. The summed E-state index contributed by atoms with van der Waals surface area (Å²) in [6.45, 7) is 3.91. The summed E-state index contributed by atoms with van der Waals surface area (Å²) in [5.74, 6) is 0.638. The summed E-state index contributed by atoms with van der Waals surface area (Å²) in [5, 5.41) is 0. The number of benzene rings is 1. The predicted octanol–water partition coefficient (Wildman–Crippen LogP) is 4.69. The molecule has 5 rings (SSSR count). The zero-order valence-corrected chi connectivity index (χ0v) is 19.0. The standard InChI is InChI=1S/C25H25F2N5O2/c1-16(20-5-3-4-6-21(20)34-24(26)27)23-17(2)30-22-8-7-18(15-32(22)23)19-13-28-25(29-14-19)31-9-11-33-12-10-31/h3-8,13-16,24H,9-12H2,1-2H3. The molecule has 0 bridgehead atoms. The van der Waals surface area contributed by atoms with Gasteiger partial charge in [0.15, 0.2) is 0 Å². The maximum Gasteiger partial charge on any atom is 0.387 e. The number of rotatable bonds is 6. The third-order valence-corrected chi connectivity index (χ3v) is 6.12. The van der Waals surface area contributed by atoms with Crippen molar-refractivity contribution >= 4 is 11.6 Å². The minimum Gasteiger partial charge on any atom is -0.435 e. The maximum atomic E-state index is 13.0. The van der Waals surface area contributed by atoms with E-state index in [1.807, 2.05) is 61.1 Å². The molecule has 0 radical (unpaired) electrons. The van der Waals surface area contributed by atoms with Gasteiger partial charge in [0.25, 0.3) is 0 Å². The molecular weight excluding hydrogens is 440 g/mol. The summed E-state index contributed by atoms with van der Waals surface area (Å²) in [7, 11) is 0. The monoisotopic (exact) mass is 465 g/mol. The minimum atomic E-state index is -2.89. The molecule has 0 spiro atoms. The smallest absolute Gasteiger partial charge is 0.387 e. The van der Waals surface area contributed by atoms with Crippen molar-refractivity contribution in [2.45, 2.75) is 26.4 Å². The van der Waals surface area contributed by atoms with E-state index in [0.717, 1.165) is 41.3 Å². The van der Waals surface area contributed by atoms with Crippen molar-refractivity contribution in [3.05, 3.63) is 71.9 Å². The first-order valence-corrected chi connectivity index (χ1v) is 11.2. The second kappa shape index (κ2) is 9.34. The summed E-state index contributed by atoms with van der Waals surface area (Å²) in [4.78, 5) is 15.9. The average molecular weight is 466 g/mol. The molecule has 34 heavy (non-hydrogen) atoms. The normalized spacial score (nSPS) is 15.1. The molecule has 0 N–H and O–H groups in total. The number of fused-ring (bicyclic) bond motifs is 1. The van der Waals surface area contributed by atoms with Crippen LogP contribution >= 0.6 is 0 Å². The molecule has 1 aliphatic heterocycles. The second-order valence-corrected chi connectivity index (χ2v) is 8.24. The van der Waals surface area contributed by atoms with E-state index in [0.29, 0.717) is 24.7 Å². The van der Waals surface area contributed by atoms with Crippen LogP contribution in [0.3, 0.4) is 0 Å². The number of morpholine rings is 1. The summed E-state index contributed by atoms with van der Waals surface area (Å²) >= 11 is 0. The zero-order valence-electron chi connectivity index (χ0n) is 19.0. The summed E-state index contributed by atoms with van der Waals surface area (Å²) < 4.78 is 38.1. The number of pyridine rings is 1. The Morgan fingerprint density at radius 2 is 1.74 bits per heavy atom. The fourth-order valence-electron chi connectivity index (χ4n) is 4.46. The van der Waals surface area contributed by atoms with E-state index in [1.165, 1.54) is 0 Å². The fraction of sp³-hybridized carbons (Fsp3) is 0.320. The minimum absolute atomic E-state index is 0.169. The van der Waals surface area contributed by atoms with Crippen molar-refractivity contribution in [1.82, 2.24) is 19.4 Å². The van der Waals surface area contributed by atoms with E-state index in [4.69, 9.17) is 9.47 Å². The lowest BCUT2D eigenvalue weighted by Gasteiger charge is -2.26. The van der Waals surface area contributed by atoms with Gasteiger partial charge in [0.05, 0.1) is 24.6 Å². The molecule has 1 aromatic carbocycles. The molecule has 1 atom stereocenters. The van der Waals surface area contributed by atoms with Crippen molar-refractivity contribution in [3.63, 3.8) is 0 Å². The van der Waals surface area contributed by atoms with Crippen LogP contribution in [0.2, 0.25) is 0 Å². The number of hydrogen-bond acceptors (Lipinski definition) is 6. The van der Waals surface area contributed by atoms with Gasteiger partial charge in [0.2, 0.25) is 5.95 Å². The molecule has 9 heteroatoms. The van der Waals surface area contributed by atoms with Crippen LogP contribution in [0.5, 0.6) is 5.75 Å². The van der Waals surface area contributed by atoms with Crippen molar-refractivity contribution in [2.75, 3.05) is 31.2 Å². The number of aryl methyl sites for hydroxylation is 1. The molecule has 3 aromatic heterocycles. The van der Waals surface area contributed by atoms with Crippen LogP contribution in [0, 0.1) is 6.92 Å². The third-order valence-electron chi connectivity index (χ3n) is 6.12. The average Bonchev–Trinajstić information content (AvgIpc) is 3.19. The molecule has 7 nitrogen and oxygen atoms in total. The van der Waals surface area contributed by atoms with Gasteiger partial charge in [-0.1, -0.05) is 25.1 Å². The maximum absolute atomic E-state index is 13.0. The lowest BCUT2D eigenvalue weighted by Crippen LogP contribution is -2.37. The third kappa shape index (κ3) is 4.31. The largest absolute Gasteiger partial charge is 0.435 e. The van der Waals surface area contributed by atoms with Crippen molar-refractivity contribution in [3.8, 4) is 16.9 Å². The molecule has 1 fully saturated rings. The zero-order chi connectivity index (χ0) is 23.7. The Balaban J connectivity index is 1.50. The number of para-hydroxylation sites is 1. The van der Waals surface area contributed by atoms with Gasteiger partial charge in [0, 0.05) is 54.3 Å². The molecular formula is C25H25F2N5O2. The van der Waals surface area contributed by atoms with E-state index < -0.39 is 6.61 Å². The molecule has 4 heterocycles. The number of hydrogen-bond donors (Lipinski definition) is 0. The van der Waals surface area contributed by atoms with E-state index >= 15 is 0 Å². The van der Waals surface area contributed by atoms with E-state index in [1.54, 1.807) is 12.1 Å². The van der Waals surface area contributed by atoms with E-state index in [-0.39, 0.29) is 11.7 Å². The fourth-order valence-corrected chi connectivity index (χ4v) is 4.46. The first-order chi connectivity index (χ1) is 16.5. The Hall–Kier alpha value is -3.59. The molecule has 176 valence electrons. The van der Waals surface area contributed by atoms with Gasteiger partial charge < -0.3 is 18.8 Å². The number of alkyl halides is 2. The van der Waals surface area contributed by atoms with Gasteiger partial charge in [-0.2, -0.15) is 8.78 Å². The van der Waals surface area contributed by atoms with Crippen LogP contribution in [0.25, 0.3) is 16.8 Å². The number of ether oxygens (including phenoxy) is 2.